The lowest BCUT2D eigenvalue weighted by Crippen LogP contribution is -2.65. The molecule has 2 fully saturated rings. The minimum Gasteiger partial charge on any atom is -0.493 e. The first-order valence-electron chi connectivity index (χ1n) is 10.3. The Morgan fingerprint density at radius 3 is 2.41 bits per heavy atom. The molecule has 2 aliphatic heterocycles. The molecule has 4 rings (SSSR count). The van der Waals surface area contributed by atoms with Gasteiger partial charge < -0.3 is 19.7 Å². The summed E-state index contributed by atoms with van der Waals surface area (Å²) in [5, 5.41) is 2.51. The Bertz CT molecular complexity index is 1010. The van der Waals surface area contributed by atoms with Gasteiger partial charge in [0.1, 0.15) is 5.75 Å². The number of ether oxygens (including phenoxy) is 2. The summed E-state index contributed by atoms with van der Waals surface area (Å²) in [6.07, 6.45) is -3.32. The molecule has 32 heavy (non-hydrogen) atoms. The number of anilines is 1. The zero-order valence-corrected chi connectivity index (χ0v) is 17.4. The van der Waals surface area contributed by atoms with Gasteiger partial charge in [0.2, 0.25) is 6.41 Å². The Balaban J connectivity index is 1.35. The number of amides is 1. The fourth-order valence-corrected chi connectivity index (χ4v) is 3.92. The highest BCUT2D eigenvalue weighted by Gasteiger charge is 2.48. The summed E-state index contributed by atoms with van der Waals surface area (Å²) in [6.45, 7) is 4.62. The number of rotatable bonds is 7. The van der Waals surface area contributed by atoms with Gasteiger partial charge in [-0.15, -0.1) is 0 Å². The van der Waals surface area contributed by atoms with Gasteiger partial charge in [0.25, 0.3) is 0 Å². The summed E-state index contributed by atoms with van der Waals surface area (Å²) in [5.41, 5.74) is 0.974. The molecule has 1 spiro atoms. The van der Waals surface area contributed by atoms with Crippen molar-refractivity contribution in [3.05, 3.63) is 59.2 Å². The molecule has 168 valence electrons. The number of hydrogen-bond donors (Lipinski definition) is 1. The largest absolute Gasteiger partial charge is 0.493 e. The van der Waals surface area contributed by atoms with Gasteiger partial charge >= 0.3 is 6.18 Å². The lowest BCUT2D eigenvalue weighted by Gasteiger charge is -2.55. The highest BCUT2D eigenvalue weighted by Crippen LogP contribution is 2.38. The molecule has 0 aromatic heterocycles. The molecule has 0 bridgehead atoms. The van der Waals surface area contributed by atoms with Crippen LogP contribution >= 0.6 is 0 Å². The molecule has 2 heterocycles. The molecular weight excluding hydrogens is 421 g/mol. The van der Waals surface area contributed by atoms with Crippen molar-refractivity contribution in [3.8, 4) is 17.6 Å². The first-order chi connectivity index (χ1) is 15.4. The number of benzene rings is 2. The molecule has 5 nitrogen and oxygen atoms in total. The number of hydrogen-bond acceptors (Lipinski definition) is 4. The van der Waals surface area contributed by atoms with E-state index in [2.05, 4.69) is 22.1 Å². The van der Waals surface area contributed by atoms with E-state index in [0.29, 0.717) is 29.5 Å². The van der Waals surface area contributed by atoms with Gasteiger partial charge in [0, 0.05) is 41.9 Å². The number of likely N-dealkylation sites (tertiary alicyclic amines) is 1. The lowest BCUT2D eigenvalue weighted by molar-refractivity contribution is -0.189. The van der Waals surface area contributed by atoms with E-state index in [1.807, 2.05) is 0 Å². The number of carbonyl (C=O) groups excluding carboxylic acids is 1. The molecule has 2 aromatic carbocycles. The summed E-state index contributed by atoms with van der Waals surface area (Å²) < 4.78 is 51.4. The topological polar surface area (TPSA) is 50.8 Å². The standard InChI is InChI=1S/C24H23F3N2O3/c25-24(26,27)21-12-19(3-2-18-4-7-20(8-5-18)28-17-30)6-9-22(21)32-11-1-10-29-13-23(14-29)15-31-16-23/h4-9,12,17H,1,10-11,13-16H2,(H,28,30). The van der Waals surface area contributed by atoms with Crippen molar-refractivity contribution in [2.45, 2.75) is 12.6 Å². The summed E-state index contributed by atoms with van der Waals surface area (Å²) in [7, 11) is 0. The van der Waals surface area contributed by atoms with Gasteiger partial charge in [-0.2, -0.15) is 13.2 Å². The zero-order chi connectivity index (χ0) is 22.6. The highest BCUT2D eigenvalue weighted by atomic mass is 19.4. The van der Waals surface area contributed by atoms with Crippen molar-refractivity contribution < 1.29 is 27.4 Å². The van der Waals surface area contributed by atoms with Crippen LogP contribution in [0.4, 0.5) is 18.9 Å². The van der Waals surface area contributed by atoms with Crippen molar-refractivity contribution in [3.63, 3.8) is 0 Å². The van der Waals surface area contributed by atoms with Crippen LogP contribution in [-0.2, 0) is 15.7 Å². The smallest absolute Gasteiger partial charge is 0.420 e. The second-order valence-electron chi connectivity index (χ2n) is 8.20. The first kappa shape index (κ1) is 22.2. The quantitative estimate of drug-likeness (QED) is 0.401. The van der Waals surface area contributed by atoms with Crippen molar-refractivity contribution >= 4 is 12.1 Å². The number of alkyl halides is 3. The fraction of sp³-hybridized carbons (Fsp3) is 0.375. The predicted octanol–water partition coefficient (Wildman–Crippen LogP) is 3.77. The van der Waals surface area contributed by atoms with E-state index in [1.165, 1.54) is 12.1 Å². The molecular formula is C24H23F3N2O3. The van der Waals surface area contributed by atoms with Crippen LogP contribution in [0.25, 0.3) is 0 Å². The van der Waals surface area contributed by atoms with Crippen LogP contribution in [0.15, 0.2) is 42.5 Å². The Morgan fingerprint density at radius 1 is 1.09 bits per heavy atom. The molecule has 0 aliphatic carbocycles. The van der Waals surface area contributed by atoms with Crippen LogP contribution in [0.3, 0.4) is 0 Å². The normalized spacial score (nSPS) is 17.0. The third-order valence-corrected chi connectivity index (χ3v) is 5.56. The van der Waals surface area contributed by atoms with Crippen LogP contribution in [0, 0.1) is 17.3 Å². The van der Waals surface area contributed by atoms with E-state index in [9.17, 15) is 18.0 Å². The summed E-state index contributed by atoms with van der Waals surface area (Å²) in [6, 6.07) is 10.6. The maximum absolute atomic E-state index is 13.6. The molecule has 0 radical (unpaired) electrons. The average Bonchev–Trinajstić information content (AvgIpc) is 2.70. The summed E-state index contributed by atoms with van der Waals surface area (Å²) >= 11 is 0. The van der Waals surface area contributed by atoms with Gasteiger partial charge in [0.05, 0.1) is 25.4 Å². The Hall–Kier alpha value is -3.02. The minimum absolute atomic E-state index is 0.181. The molecule has 1 amide bonds. The van der Waals surface area contributed by atoms with Crippen molar-refractivity contribution in [2.75, 3.05) is 44.8 Å². The summed E-state index contributed by atoms with van der Waals surface area (Å²) in [4.78, 5) is 12.7. The Labute approximate surface area is 184 Å². The van der Waals surface area contributed by atoms with E-state index in [1.54, 1.807) is 24.3 Å². The van der Waals surface area contributed by atoms with Gasteiger partial charge in [0.15, 0.2) is 0 Å². The first-order valence-corrected chi connectivity index (χ1v) is 10.3. The van der Waals surface area contributed by atoms with E-state index < -0.39 is 11.7 Å². The van der Waals surface area contributed by atoms with Crippen LogP contribution < -0.4 is 10.1 Å². The highest BCUT2D eigenvalue weighted by molar-refractivity contribution is 5.71. The van der Waals surface area contributed by atoms with E-state index in [0.717, 1.165) is 38.9 Å². The fourth-order valence-electron chi connectivity index (χ4n) is 3.92. The van der Waals surface area contributed by atoms with E-state index >= 15 is 0 Å². The zero-order valence-electron chi connectivity index (χ0n) is 17.4. The van der Waals surface area contributed by atoms with Crippen LogP contribution in [-0.4, -0.2) is 50.8 Å². The maximum Gasteiger partial charge on any atom is 0.420 e. The second-order valence-corrected chi connectivity index (χ2v) is 8.20. The molecule has 1 N–H and O–H groups in total. The molecule has 0 saturated carbocycles. The summed E-state index contributed by atoms with van der Waals surface area (Å²) in [5.74, 6) is 5.41. The molecule has 2 aromatic rings. The number of nitrogens with one attached hydrogen (secondary N) is 1. The number of nitrogens with zero attached hydrogens (tertiary/aromatic N) is 1. The molecule has 0 atom stereocenters. The van der Waals surface area contributed by atoms with Crippen molar-refractivity contribution in [1.82, 2.24) is 4.90 Å². The third kappa shape index (κ3) is 5.23. The molecule has 2 saturated heterocycles. The Kier molecular flexibility index (Phi) is 6.40. The van der Waals surface area contributed by atoms with Gasteiger partial charge in [-0.1, -0.05) is 11.8 Å². The molecule has 0 unspecified atom stereocenters. The molecule has 2 aliphatic rings. The molecule has 8 heteroatoms. The van der Waals surface area contributed by atoms with Gasteiger partial charge in [-0.05, 0) is 48.9 Å². The minimum atomic E-state index is -4.54. The monoisotopic (exact) mass is 444 g/mol. The maximum atomic E-state index is 13.6. The lowest BCUT2D eigenvalue weighted by atomic mass is 9.78. The van der Waals surface area contributed by atoms with Gasteiger partial charge in [-0.25, -0.2) is 0 Å². The Morgan fingerprint density at radius 2 is 1.78 bits per heavy atom. The van der Waals surface area contributed by atoms with Gasteiger partial charge in [-0.3, -0.25) is 4.79 Å². The van der Waals surface area contributed by atoms with E-state index in [-0.39, 0.29) is 17.9 Å². The van der Waals surface area contributed by atoms with Crippen LogP contribution in [0.1, 0.15) is 23.1 Å². The van der Waals surface area contributed by atoms with E-state index in [4.69, 9.17) is 9.47 Å². The average molecular weight is 444 g/mol. The van der Waals surface area contributed by atoms with Crippen molar-refractivity contribution in [1.29, 1.82) is 0 Å². The third-order valence-electron chi connectivity index (χ3n) is 5.56. The number of carbonyl (C=O) groups is 1. The number of halogens is 3. The van der Waals surface area contributed by atoms with Crippen LogP contribution in [0.5, 0.6) is 5.75 Å². The van der Waals surface area contributed by atoms with Crippen molar-refractivity contribution in [2.24, 2.45) is 5.41 Å². The predicted molar refractivity (Wildman–Crippen MR) is 113 cm³/mol. The second kappa shape index (κ2) is 9.23. The SMILES string of the molecule is O=CNc1ccc(C#Cc2ccc(OCCCN3CC4(COC4)C3)c(C(F)(F)F)c2)cc1. The van der Waals surface area contributed by atoms with Crippen LogP contribution in [0.2, 0.25) is 0 Å².